The van der Waals surface area contributed by atoms with Crippen molar-refractivity contribution < 1.29 is 4.74 Å². The molecule has 0 bridgehead atoms. The van der Waals surface area contributed by atoms with Gasteiger partial charge in [0.2, 0.25) is 11.1 Å². The van der Waals surface area contributed by atoms with Gasteiger partial charge in [0.05, 0.1) is 0 Å². The average Bonchev–Trinajstić information content (AvgIpc) is 2.45. The first-order valence-corrected chi connectivity index (χ1v) is 6.10. The minimum Gasteiger partial charge on any atom is -0.482 e. The number of aryl methyl sites for hydroxylation is 1. The number of benzene rings is 2. The van der Waals surface area contributed by atoms with Gasteiger partial charge in [0, 0.05) is 6.07 Å². The largest absolute Gasteiger partial charge is 0.482 e. The maximum absolute atomic E-state index is 8.87. The predicted octanol–water partition coefficient (Wildman–Crippen LogP) is 4.57. The third kappa shape index (κ3) is 3.68. The van der Waals surface area contributed by atoms with E-state index < -0.39 is 0 Å². The highest BCUT2D eigenvalue weighted by molar-refractivity contribution is 5.58. The van der Waals surface area contributed by atoms with Crippen molar-refractivity contribution >= 4 is 11.8 Å². The van der Waals surface area contributed by atoms with Gasteiger partial charge >= 0.3 is 5.69 Å². The zero-order valence-corrected chi connectivity index (χ0v) is 10.8. The quantitative estimate of drug-likeness (QED) is 0.746. The summed E-state index contributed by atoms with van der Waals surface area (Å²) in [7, 11) is 0. The highest BCUT2D eigenvalue weighted by Crippen LogP contribution is 2.28. The molecule has 2 aromatic rings. The van der Waals surface area contributed by atoms with Gasteiger partial charge in [-0.1, -0.05) is 42.5 Å². The zero-order valence-electron chi connectivity index (χ0n) is 10.8. The van der Waals surface area contributed by atoms with Crippen LogP contribution in [0.1, 0.15) is 11.1 Å². The van der Waals surface area contributed by atoms with E-state index in [0.29, 0.717) is 18.0 Å². The molecule has 2 rings (SSSR count). The number of rotatable bonds is 4. The lowest BCUT2D eigenvalue weighted by Gasteiger charge is -2.01. The van der Waals surface area contributed by atoms with Crippen LogP contribution in [-0.4, -0.2) is 6.61 Å². The molecule has 0 radical (unpaired) electrons. The van der Waals surface area contributed by atoms with Crippen LogP contribution in [0.2, 0.25) is 0 Å². The zero-order chi connectivity index (χ0) is 13.5. The SMILES string of the molecule is Cc1ccc([N+]#N)c(OC/C=C/c2ccccc2)c1. The summed E-state index contributed by atoms with van der Waals surface area (Å²) in [6.45, 7) is 2.40. The Labute approximate surface area is 112 Å². The molecule has 0 saturated carbocycles. The topological polar surface area (TPSA) is 37.4 Å². The monoisotopic (exact) mass is 251 g/mol. The molecule has 0 N–H and O–H groups in total. The Morgan fingerprint density at radius 3 is 2.68 bits per heavy atom. The Kier molecular flexibility index (Phi) is 4.30. The van der Waals surface area contributed by atoms with E-state index in [4.69, 9.17) is 10.1 Å². The normalized spacial score (nSPS) is 10.3. The van der Waals surface area contributed by atoms with Crippen molar-refractivity contribution in [3.8, 4) is 5.75 Å². The molecule has 0 fully saturated rings. The summed E-state index contributed by atoms with van der Waals surface area (Å²) in [6, 6.07) is 15.5. The summed E-state index contributed by atoms with van der Waals surface area (Å²) in [5.74, 6) is 0.584. The van der Waals surface area contributed by atoms with Gasteiger partial charge in [-0.05, 0) is 30.2 Å². The molecule has 3 nitrogen and oxygen atoms in total. The summed E-state index contributed by atoms with van der Waals surface area (Å²) in [4.78, 5) is 3.20. The van der Waals surface area contributed by atoms with Crippen molar-refractivity contribution in [2.75, 3.05) is 6.61 Å². The summed E-state index contributed by atoms with van der Waals surface area (Å²) in [5, 5.41) is 8.87. The van der Waals surface area contributed by atoms with Crippen LogP contribution in [0.3, 0.4) is 0 Å². The van der Waals surface area contributed by atoms with Crippen LogP contribution in [0.25, 0.3) is 11.1 Å². The molecule has 0 heterocycles. The van der Waals surface area contributed by atoms with E-state index in [2.05, 4.69) is 4.98 Å². The van der Waals surface area contributed by atoms with Crippen LogP contribution in [-0.2, 0) is 0 Å². The summed E-state index contributed by atoms with van der Waals surface area (Å²) < 4.78 is 5.59. The van der Waals surface area contributed by atoms with Gasteiger partial charge in [-0.25, -0.2) is 0 Å². The van der Waals surface area contributed by atoms with Crippen LogP contribution in [0.15, 0.2) is 54.6 Å². The smallest absolute Gasteiger partial charge is 0.426 e. The van der Waals surface area contributed by atoms with Gasteiger partial charge in [-0.2, -0.15) is 0 Å². The van der Waals surface area contributed by atoms with E-state index in [0.717, 1.165) is 11.1 Å². The number of diazo groups is 1. The molecule has 0 saturated heterocycles. The number of hydrogen-bond donors (Lipinski definition) is 0. The lowest BCUT2D eigenvalue weighted by Crippen LogP contribution is -1.93. The van der Waals surface area contributed by atoms with E-state index >= 15 is 0 Å². The Morgan fingerprint density at radius 1 is 1.16 bits per heavy atom. The van der Waals surface area contributed by atoms with Crippen LogP contribution < -0.4 is 4.74 Å². The van der Waals surface area contributed by atoms with E-state index in [1.807, 2.05) is 61.5 Å². The fraction of sp³-hybridized carbons (Fsp3) is 0.125. The molecule has 0 aromatic heterocycles. The molecule has 0 aliphatic rings. The molecule has 0 amide bonds. The van der Waals surface area contributed by atoms with Crippen molar-refractivity contribution in [2.24, 2.45) is 0 Å². The maximum atomic E-state index is 8.87. The molecule has 0 aliphatic carbocycles. The van der Waals surface area contributed by atoms with Crippen molar-refractivity contribution in [2.45, 2.75) is 6.92 Å². The van der Waals surface area contributed by atoms with Gasteiger partial charge in [0.15, 0.2) is 4.98 Å². The fourth-order valence-electron chi connectivity index (χ4n) is 1.71. The molecule has 94 valence electrons. The second-order valence-electron chi connectivity index (χ2n) is 4.20. The Bertz CT molecular complexity index is 612. The summed E-state index contributed by atoms with van der Waals surface area (Å²) in [6.07, 6.45) is 3.92. The Balaban J connectivity index is 1.98. The number of nitrogens with zero attached hydrogens (tertiary/aromatic N) is 2. The first-order valence-electron chi connectivity index (χ1n) is 6.10. The lowest BCUT2D eigenvalue weighted by molar-refractivity contribution is 0.365. The molecule has 0 spiro atoms. The Morgan fingerprint density at radius 2 is 1.95 bits per heavy atom. The van der Waals surface area contributed by atoms with Crippen LogP contribution in [0.5, 0.6) is 5.75 Å². The van der Waals surface area contributed by atoms with Gasteiger partial charge < -0.3 is 4.74 Å². The third-order valence-electron chi connectivity index (χ3n) is 2.67. The van der Waals surface area contributed by atoms with Crippen molar-refractivity contribution in [3.05, 3.63) is 70.7 Å². The fourth-order valence-corrected chi connectivity index (χ4v) is 1.71. The predicted molar refractivity (Wildman–Crippen MR) is 76.9 cm³/mol. The molecule has 3 heteroatoms. The van der Waals surface area contributed by atoms with E-state index in [1.54, 1.807) is 6.07 Å². The molecule has 0 unspecified atom stereocenters. The Hall–Kier alpha value is -2.60. The van der Waals surface area contributed by atoms with Gasteiger partial charge in [0.1, 0.15) is 6.61 Å². The molecule has 0 aliphatic heterocycles. The van der Waals surface area contributed by atoms with E-state index in [-0.39, 0.29) is 0 Å². The lowest BCUT2D eigenvalue weighted by atomic mass is 10.2. The number of ether oxygens (including phenoxy) is 1. The average molecular weight is 251 g/mol. The van der Waals surface area contributed by atoms with Gasteiger partial charge in [-0.3, -0.25) is 0 Å². The molecule has 2 aromatic carbocycles. The first-order chi connectivity index (χ1) is 9.29. The van der Waals surface area contributed by atoms with Crippen molar-refractivity contribution in [3.63, 3.8) is 0 Å². The maximum Gasteiger partial charge on any atom is 0.426 e. The third-order valence-corrected chi connectivity index (χ3v) is 2.67. The molecule has 0 atom stereocenters. The van der Waals surface area contributed by atoms with Gasteiger partial charge in [0.25, 0.3) is 0 Å². The second-order valence-corrected chi connectivity index (χ2v) is 4.20. The molecular weight excluding hydrogens is 236 g/mol. The van der Waals surface area contributed by atoms with Crippen molar-refractivity contribution in [1.82, 2.24) is 0 Å². The minimum atomic E-state index is 0.431. The van der Waals surface area contributed by atoms with E-state index in [9.17, 15) is 0 Å². The summed E-state index contributed by atoms with van der Waals surface area (Å²) >= 11 is 0. The van der Waals surface area contributed by atoms with Crippen LogP contribution >= 0.6 is 0 Å². The summed E-state index contributed by atoms with van der Waals surface area (Å²) in [5.41, 5.74) is 2.63. The van der Waals surface area contributed by atoms with Crippen LogP contribution in [0, 0.1) is 12.3 Å². The first kappa shape index (κ1) is 12.8. The van der Waals surface area contributed by atoms with Gasteiger partial charge in [-0.15, -0.1) is 0 Å². The highest BCUT2D eigenvalue weighted by Gasteiger charge is 2.13. The standard InChI is InChI=1S/C16H15N2O/c1-13-9-10-15(18-17)16(12-13)19-11-5-8-14-6-3-2-4-7-14/h2-10,12H,11H2,1H3/q+1/b8-5+. The van der Waals surface area contributed by atoms with Crippen LogP contribution in [0.4, 0.5) is 5.69 Å². The van der Waals surface area contributed by atoms with Crippen molar-refractivity contribution in [1.29, 1.82) is 5.39 Å². The van der Waals surface area contributed by atoms with E-state index in [1.165, 1.54) is 0 Å². The minimum absolute atomic E-state index is 0.431. The highest BCUT2D eigenvalue weighted by atomic mass is 16.5. The molecular formula is C16H15N2O+. The number of hydrogen-bond acceptors (Lipinski definition) is 2. The second kappa shape index (κ2) is 6.36. The molecule has 19 heavy (non-hydrogen) atoms.